The van der Waals surface area contributed by atoms with E-state index < -0.39 is 11.4 Å². The van der Waals surface area contributed by atoms with Gasteiger partial charge in [-0.2, -0.15) is 4.98 Å². The molecule has 2 heterocycles. The van der Waals surface area contributed by atoms with Crippen LogP contribution in [0.2, 0.25) is 5.02 Å². The number of nitrogens with zero attached hydrogens (tertiary/aromatic N) is 3. The summed E-state index contributed by atoms with van der Waals surface area (Å²) in [5.74, 6) is -0.198. The van der Waals surface area contributed by atoms with Crippen LogP contribution in [0.4, 0.5) is 5.82 Å². The predicted octanol–water partition coefficient (Wildman–Crippen LogP) is 2.61. The summed E-state index contributed by atoms with van der Waals surface area (Å²) in [6.45, 7) is 3.15. The molecule has 1 unspecified atom stereocenters. The van der Waals surface area contributed by atoms with Gasteiger partial charge in [0.25, 0.3) is 0 Å². The number of piperidine rings is 1. The Kier molecular flexibility index (Phi) is 4.88. The van der Waals surface area contributed by atoms with Crippen molar-refractivity contribution in [2.75, 3.05) is 25.1 Å². The largest absolute Gasteiger partial charge is 0.481 e. The van der Waals surface area contributed by atoms with Crippen LogP contribution in [0.15, 0.2) is 6.20 Å². The van der Waals surface area contributed by atoms with Crippen molar-refractivity contribution in [3.63, 3.8) is 0 Å². The normalized spacial score (nSPS) is 22.1. The summed E-state index contributed by atoms with van der Waals surface area (Å²) >= 11 is 6.17. The average molecular weight is 314 g/mol. The highest BCUT2D eigenvalue weighted by Crippen LogP contribution is 2.38. The number of ether oxygens (including phenoxy) is 1. The molecule has 1 aromatic rings. The van der Waals surface area contributed by atoms with Crippen LogP contribution in [0.5, 0.6) is 6.01 Å². The molecule has 1 saturated heterocycles. The van der Waals surface area contributed by atoms with Gasteiger partial charge in [-0.05, 0) is 19.3 Å². The Morgan fingerprint density at radius 1 is 1.62 bits per heavy atom. The zero-order valence-electron chi connectivity index (χ0n) is 12.3. The first-order valence-corrected chi connectivity index (χ1v) is 7.45. The summed E-state index contributed by atoms with van der Waals surface area (Å²) < 4.78 is 5.02. The maximum absolute atomic E-state index is 11.7. The van der Waals surface area contributed by atoms with E-state index in [1.165, 1.54) is 13.3 Å². The lowest BCUT2D eigenvalue weighted by atomic mass is 9.76. The molecule has 1 aliphatic heterocycles. The number of hydrogen-bond acceptors (Lipinski definition) is 5. The molecule has 0 aliphatic carbocycles. The molecule has 1 fully saturated rings. The lowest BCUT2D eigenvalue weighted by Crippen LogP contribution is -2.48. The van der Waals surface area contributed by atoms with Gasteiger partial charge in [-0.25, -0.2) is 4.98 Å². The quantitative estimate of drug-likeness (QED) is 0.900. The van der Waals surface area contributed by atoms with Crippen molar-refractivity contribution in [2.45, 2.75) is 32.6 Å². The van der Waals surface area contributed by atoms with E-state index in [2.05, 4.69) is 9.97 Å². The van der Waals surface area contributed by atoms with Crippen molar-refractivity contribution in [1.29, 1.82) is 0 Å². The van der Waals surface area contributed by atoms with E-state index >= 15 is 0 Å². The van der Waals surface area contributed by atoms with Crippen molar-refractivity contribution in [3.05, 3.63) is 11.2 Å². The second-order valence-corrected chi connectivity index (χ2v) is 5.80. The third-order valence-corrected chi connectivity index (χ3v) is 4.21. The molecule has 1 N–H and O–H groups in total. The molecule has 0 saturated carbocycles. The average Bonchev–Trinajstić information content (AvgIpc) is 2.48. The Morgan fingerprint density at radius 3 is 3.00 bits per heavy atom. The summed E-state index contributed by atoms with van der Waals surface area (Å²) in [6.07, 6.45) is 4.46. The minimum Gasteiger partial charge on any atom is -0.481 e. The molecule has 1 aromatic heterocycles. The molecule has 0 amide bonds. The first kappa shape index (κ1) is 15.8. The third-order valence-electron chi connectivity index (χ3n) is 3.94. The summed E-state index contributed by atoms with van der Waals surface area (Å²) in [4.78, 5) is 21.9. The van der Waals surface area contributed by atoms with Gasteiger partial charge in [0.15, 0.2) is 5.82 Å². The minimum absolute atomic E-state index is 0.233. The molecular weight excluding hydrogens is 294 g/mol. The van der Waals surface area contributed by atoms with Gasteiger partial charge < -0.3 is 14.7 Å². The van der Waals surface area contributed by atoms with E-state index in [-0.39, 0.29) is 6.01 Å². The number of carboxylic acid groups (broad SMARTS) is 1. The fourth-order valence-electron chi connectivity index (χ4n) is 2.94. The molecule has 2 rings (SSSR count). The van der Waals surface area contributed by atoms with Crippen LogP contribution in [0, 0.1) is 5.41 Å². The number of carbonyl (C=O) groups is 1. The Balaban J connectivity index is 2.30. The lowest BCUT2D eigenvalue weighted by molar-refractivity contribution is -0.150. The fraction of sp³-hybridized carbons (Fsp3) is 0.643. The van der Waals surface area contributed by atoms with Gasteiger partial charge in [-0.3, -0.25) is 4.79 Å². The number of aliphatic carboxylic acids is 1. The van der Waals surface area contributed by atoms with E-state index in [9.17, 15) is 9.90 Å². The van der Waals surface area contributed by atoms with E-state index in [4.69, 9.17) is 16.3 Å². The summed E-state index contributed by atoms with van der Waals surface area (Å²) in [5.41, 5.74) is -0.728. The summed E-state index contributed by atoms with van der Waals surface area (Å²) in [6, 6.07) is 0.233. The molecule has 7 heteroatoms. The number of rotatable bonds is 5. The number of methoxy groups -OCH3 is 1. The van der Waals surface area contributed by atoms with Crippen LogP contribution in [0.1, 0.15) is 32.6 Å². The number of hydrogen-bond donors (Lipinski definition) is 1. The fourth-order valence-corrected chi connectivity index (χ4v) is 3.15. The highest BCUT2D eigenvalue weighted by atomic mass is 35.5. The van der Waals surface area contributed by atoms with Crippen LogP contribution in [0.3, 0.4) is 0 Å². The highest BCUT2D eigenvalue weighted by Gasteiger charge is 2.42. The van der Waals surface area contributed by atoms with Crippen LogP contribution < -0.4 is 9.64 Å². The van der Waals surface area contributed by atoms with Gasteiger partial charge in [0.2, 0.25) is 0 Å². The molecule has 6 nitrogen and oxygen atoms in total. The second-order valence-electron chi connectivity index (χ2n) is 5.39. The number of aromatic nitrogens is 2. The van der Waals surface area contributed by atoms with Crippen molar-refractivity contribution >= 4 is 23.4 Å². The van der Waals surface area contributed by atoms with Crippen LogP contribution in [-0.4, -0.2) is 41.2 Å². The maximum Gasteiger partial charge on any atom is 0.318 e. The highest BCUT2D eigenvalue weighted by molar-refractivity contribution is 6.32. The standard InChI is InChI=1S/C14H20ClN3O3/c1-3-5-14(12(19)20)6-4-7-18(9-14)11-10(15)8-16-13(17-11)21-2/h8H,3-7,9H2,1-2H3,(H,19,20). The Hall–Kier alpha value is -1.56. The summed E-state index contributed by atoms with van der Waals surface area (Å²) in [7, 11) is 1.49. The zero-order chi connectivity index (χ0) is 15.5. The molecule has 0 radical (unpaired) electrons. The molecule has 116 valence electrons. The Morgan fingerprint density at radius 2 is 2.38 bits per heavy atom. The number of halogens is 1. The maximum atomic E-state index is 11.7. The number of carboxylic acids is 1. The minimum atomic E-state index is -0.744. The molecule has 21 heavy (non-hydrogen) atoms. The topological polar surface area (TPSA) is 75.5 Å². The molecule has 0 bridgehead atoms. The van der Waals surface area contributed by atoms with Gasteiger partial charge in [0, 0.05) is 13.1 Å². The third kappa shape index (κ3) is 3.20. The van der Waals surface area contributed by atoms with Crippen LogP contribution >= 0.6 is 11.6 Å². The zero-order valence-corrected chi connectivity index (χ0v) is 13.1. The monoisotopic (exact) mass is 313 g/mol. The van der Waals surface area contributed by atoms with Gasteiger partial charge in [-0.1, -0.05) is 24.9 Å². The van der Waals surface area contributed by atoms with E-state index in [1.54, 1.807) is 0 Å². The van der Waals surface area contributed by atoms with Crippen molar-refractivity contribution in [2.24, 2.45) is 5.41 Å². The Bertz CT molecular complexity index is 522. The Labute approximate surface area is 129 Å². The van der Waals surface area contributed by atoms with Crippen molar-refractivity contribution in [3.8, 4) is 6.01 Å². The van der Waals surface area contributed by atoms with E-state index in [0.717, 1.165) is 19.4 Å². The molecule has 1 atom stereocenters. The predicted molar refractivity (Wildman–Crippen MR) is 80.0 cm³/mol. The van der Waals surface area contributed by atoms with Crippen LogP contribution in [0.25, 0.3) is 0 Å². The second kappa shape index (κ2) is 6.47. The van der Waals surface area contributed by atoms with Gasteiger partial charge in [0.1, 0.15) is 5.02 Å². The molecule has 1 aliphatic rings. The van der Waals surface area contributed by atoms with E-state index in [0.29, 0.717) is 30.2 Å². The first-order valence-electron chi connectivity index (χ1n) is 7.07. The lowest BCUT2D eigenvalue weighted by Gasteiger charge is -2.40. The van der Waals surface area contributed by atoms with Crippen molar-refractivity contribution in [1.82, 2.24) is 9.97 Å². The molecule has 0 spiro atoms. The summed E-state index contributed by atoms with van der Waals surface area (Å²) in [5, 5.41) is 10.0. The molecule has 0 aromatic carbocycles. The van der Waals surface area contributed by atoms with E-state index in [1.807, 2.05) is 11.8 Å². The van der Waals surface area contributed by atoms with Crippen molar-refractivity contribution < 1.29 is 14.6 Å². The first-order chi connectivity index (χ1) is 10.0. The van der Waals surface area contributed by atoms with Crippen LogP contribution in [-0.2, 0) is 4.79 Å². The smallest absolute Gasteiger partial charge is 0.318 e. The van der Waals surface area contributed by atoms with Gasteiger partial charge >= 0.3 is 12.0 Å². The molecular formula is C14H20ClN3O3. The van der Waals surface area contributed by atoms with Gasteiger partial charge in [0.05, 0.1) is 18.7 Å². The number of anilines is 1. The van der Waals surface area contributed by atoms with Gasteiger partial charge in [-0.15, -0.1) is 0 Å². The SMILES string of the molecule is CCCC1(C(=O)O)CCCN(c2nc(OC)ncc2Cl)C1.